The van der Waals surface area contributed by atoms with Crippen molar-refractivity contribution in [3.05, 3.63) is 28.3 Å². The van der Waals surface area contributed by atoms with Gasteiger partial charge in [-0.15, -0.1) is 11.8 Å². The van der Waals surface area contributed by atoms with Gasteiger partial charge in [-0.25, -0.2) is 8.42 Å². The lowest BCUT2D eigenvalue weighted by Gasteiger charge is -2.24. The number of aryl methyl sites for hydroxylation is 2. The zero-order valence-corrected chi connectivity index (χ0v) is 14.1. The SMILES string of the molecule is Cc1cc(C)c(C)c(S(=O)(=O)N2CSCC2C(=O)O)c1C. The standard InChI is InChI=1S/C14H19NO4S2/c1-8-5-9(2)11(4)13(10(8)3)21(18,19)15-7-20-6-12(15)14(16)17/h5,12H,6-7H2,1-4H3,(H,16,17). The minimum atomic E-state index is -3.81. The zero-order chi connectivity index (χ0) is 15.9. The van der Waals surface area contributed by atoms with Crippen LogP contribution in [0.3, 0.4) is 0 Å². The van der Waals surface area contributed by atoms with Crippen LogP contribution in [-0.4, -0.2) is 41.5 Å². The number of carbonyl (C=O) groups is 1. The van der Waals surface area contributed by atoms with Crippen LogP contribution in [0.1, 0.15) is 22.3 Å². The molecule has 1 aliphatic heterocycles. The van der Waals surface area contributed by atoms with Crippen LogP contribution in [0.4, 0.5) is 0 Å². The minimum absolute atomic E-state index is 0.186. The Bertz CT molecular complexity index is 671. The number of carboxylic acid groups (broad SMARTS) is 1. The minimum Gasteiger partial charge on any atom is -0.480 e. The molecule has 0 saturated carbocycles. The fourth-order valence-electron chi connectivity index (χ4n) is 2.54. The third-order valence-electron chi connectivity index (χ3n) is 3.99. The second-order valence-electron chi connectivity index (χ2n) is 5.34. The van der Waals surface area contributed by atoms with Gasteiger partial charge in [0.05, 0.1) is 10.8 Å². The summed E-state index contributed by atoms with van der Waals surface area (Å²) in [7, 11) is -3.81. The van der Waals surface area contributed by atoms with E-state index in [4.69, 9.17) is 0 Å². The molecule has 0 amide bonds. The molecule has 21 heavy (non-hydrogen) atoms. The summed E-state index contributed by atoms with van der Waals surface area (Å²) in [4.78, 5) is 11.5. The van der Waals surface area contributed by atoms with Crippen molar-refractivity contribution in [2.45, 2.75) is 38.6 Å². The van der Waals surface area contributed by atoms with Crippen molar-refractivity contribution in [3.8, 4) is 0 Å². The van der Waals surface area contributed by atoms with Gasteiger partial charge in [-0.05, 0) is 49.9 Å². The number of nitrogens with zero attached hydrogens (tertiary/aromatic N) is 1. The Morgan fingerprint density at radius 2 is 1.76 bits per heavy atom. The Hall–Kier alpha value is -1.05. The summed E-state index contributed by atoms with van der Waals surface area (Å²) in [5.41, 5.74) is 3.18. The Labute approximate surface area is 129 Å². The molecule has 1 aromatic carbocycles. The van der Waals surface area contributed by atoms with Gasteiger partial charge in [0.2, 0.25) is 10.0 Å². The van der Waals surface area contributed by atoms with Crippen LogP contribution in [0.5, 0.6) is 0 Å². The quantitative estimate of drug-likeness (QED) is 0.919. The number of hydrogen-bond acceptors (Lipinski definition) is 4. The molecule has 1 saturated heterocycles. The Morgan fingerprint density at radius 1 is 1.24 bits per heavy atom. The normalized spacial score (nSPS) is 19.9. The molecule has 2 rings (SSSR count). The molecule has 7 heteroatoms. The van der Waals surface area contributed by atoms with Gasteiger partial charge in [0, 0.05) is 5.75 Å². The maximum absolute atomic E-state index is 12.9. The fraction of sp³-hybridized carbons (Fsp3) is 0.500. The number of thioether (sulfide) groups is 1. The highest BCUT2D eigenvalue weighted by Crippen LogP contribution is 2.33. The molecule has 0 aromatic heterocycles. The van der Waals surface area contributed by atoms with Crippen LogP contribution in [0.25, 0.3) is 0 Å². The summed E-state index contributed by atoms with van der Waals surface area (Å²) < 4.78 is 27.0. The summed E-state index contributed by atoms with van der Waals surface area (Å²) in [6.45, 7) is 7.28. The van der Waals surface area contributed by atoms with E-state index >= 15 is 0 Å². The monoisotopic (exact) mass is 329 g/mol. The topological polar surface area (TPSA) is 74.7 Å². The highest BCUT2D eigenvalue weighted by Gasteiger charge is 2.41. The van der Waals surface area contributed by atoms with Gasteiger partial charge < -0.3 is 5.11 Å². The van der Waals surface area contributed by atoms with Crippen molar-refractivity contribution >= 4 is 27.8 Å². The summed E-state index contributed by atoms with van der Waals surface area (Å²) >= 11 is 1.33. The summed E-state index contributed by atoms with van der Waals surface area (Å²) in [5, 5.41) is 9.22. The first kappa shape index (κ1) is 16.3. The fourth-order valence-corrected chi connectivity index (χ4v) is 6.26. The Kier molecular flexibility index (Phi) is 4.37. The summed E-state index contributed by atoms with van der Waals surface area (Å²) in [6, 6.07) is 0.969. The zero-order valence-electron chi connectivity index (χ0n) is 12.5. The number of sulfonamides is 1. The number of rotatable bonds is 3. The molecular weight excluding hydrogens is 310 g/mol. The highest BCUT2D eigenvalue weighted by molar-refractivity contribution is 8.00. The molecular formula is C14H19NO4S2. The molecule has 5 nitrogen and oxygen atoms in total. The van der Waals surface area contributed by atoms with E-state index in [1.807, 2.05) is 19.9 Å². The Balaban J connectivity index is 2.63. The van der Waals surface area contributed by atoms with E-state index in [0.29, 0.717) is 11.1 Å². The van der Waals surface area contributed by atoms with Gasteiger partial charge in [-0.3, -0.25) is 4.79 Å². The van der Waals surface area contributed by atoms with Gasteiger partial charge >= 0.3 is 5.97 Å². The molecule has 1 aromatic rings. The molecule has 116 valence electrons. The van der Waals surface area contributed by atoms with Crippen LogP contribution >= 0.6 is 11.8 Å². The summed E-state index contributed by atoms with van der Waals surface area (Å²) in [5.74, 6) is -0.619. The second kappa shape index (κ2) is 5.62. The first-order valence-electron chi connectivity index (χ1n) is 6.57. The Morgan fingerprint density at radius 3 is 2.24 bits per heavy atom. The molecule has 0 radical (unpaired) electrons. The van der Waals surface area contributed by atoms with Gasteiger partial charge in [0.25, 0.3) is 0 Å². The van der Waals surface area contributed by atoms with Crippen molar-refractivity contribution < 1.29 is 18.3 Å². The molecule has 1 atom stereocenters. The van der Waals surface area contributed by atoms with Gasteiger partial charge in [-0.1, -0.05) is 6.07 Å². The smallest absolute Gasteiger partial charge is 0.322 e. The van der Waals surface area contributed by atoms with E-state index < -0.39 is 22.0 Å². The van der Waals surface area contributed by atoms with E-state index in [9.17, 15) is 18.3 Å². The number of benzene rings is 1. The van der Waals surface area contributed by atoms with E-state index in [-0.39, 0.29) is 16.5 Å². The molecule has 0 spiro atoms. The van der Waals surface area contributed by atoms with E-state index in [1.54, 1.807) is 13.8 Å². The van der Waals surface area contributed by atoms with E-state index in [1.165, 1.54) is 11.8 Å². The maximum Gasteiger partial charge on any atom is 0.322 e. The van der Waals surface area contributed by atoms with Gasteiger partial charge in [0.1, 0.15) is 6.04 Å². The van der Waals surface area contributed by atoms with Gasteiger partial charge in [-0.2, -0.15) is 4.31 Å². The lowest BCUT2D eigenvalue weighted by atomic mass is 10.0. The summed E-state index contributed by atoms with van der Waals surface area (Å²) in [6.07, 6.45) is 0. The molecule has 1 fully saturated rings. The molecule has 0 bridgehead atoms. The largest absolute Gasteiger partial charge is 0.480 e. The second-order valence-corrected chi connectivity index (χ2v) is 8.16. The third-order valence-corrected chi connectivity index (χ3v) is 7.30. The van der Waals surface area contributed by atoms with Crippen molar-refractivity contribution in [2.75, 3.05) is 11.6 Å². The molecule has 1 aliphatic rings. The molecule has 1 N–H and O–H groups in total. The highest BCUT2D eigenvalue weighted by atomic mass is 32.2. The number of carboxylic acids is 1. The average molecular weight is 329 g/mol. The lowest BCUT2D eigenvalue weighted by Crippen LogP contribution is -2.42. The van der Waals surface area contributed by atoms with E-state index in [2.05, 4.69) is 0 Å². The van der Waals surface area contributed by atoms with Crippen LogP contribution in [0.2, 0.25) is 0 Å². The average Bonchev–Trinajstić information content (AvgIpc) is 2.86. The van der Waals surface area contributed by atoms with Crippen LogP contribution in [0.15, 0.2) is 11.0 Å². The number of hydrogen-bond donors (Lipinski definition) is 1. The first-order valence-corrected chi connectivity index (χ1v) is 9.17. The van der Waals surface area contributed by atoms with Crippen molar-refractivity contribution in [3.63, 3.8) is 0 Å². The number of aliphatic carboxylic acids is 1. The molecule has 1 unspecified atom stereocenters. The van der Waals surface area contributed by atoms with Crippen molar-refractivity contribution in [1.82, 2.24) is 4.31 Å². The predicted octanol–water partition coefficient (Wildman–Crippen LogP) is 2.07. The van der Waals surface area contributed by atoms with Crippen LogP contribution in [-0.2, 0) is 14.8 Å². The van der Waals surface area contributed by atoms with Gasteiger partial charge in [0.15, 0.2) is 0 Å². The van der Waals surface area contributed by atoms with Crippen LogP contribution in [0, 0.1) is 27.7 Å². The molecule has 1 heterocycles. The molecule has 0 aliphatic carbocycles. The predicted molar refractivity (Wildman–Crippen MR) is 83.2 cm³/mol. The van der Waals surface area contributed by atoms with Crippen LogP contribution < -0.4 is 0 Å². The van der Waals surface area contributed by atoms with Crippen molar-refractivity contribution in [2.24, 2.45) is 0 Å². The lowest BCUT2D eigenvalue weighted by molar-refractivity contribution is -0.140. The third kappa shape index (κ3) is 2.69. The maximum atomic E-state index is 12.9. The van der Waals surface area contributed by atoms with E-state index in [0.717, 1.165) is 15.4 Å². The van der Waals surface area contributed by atoms with Crippen molar-refractivity contribution in [1.29, 1.82) is 0 Å². The first-order chi connectivity index (χ1) is 9.67.